The second-order valence-corrected chi connectivity index (χ2v) is 13.2. The van der Waals surface area contributed by atoms with Crippen LogP contribution in [0.15, 0.2) is 54.7 Å². The van der Waals surface area contributed by atoms with Gasteiger partial charge in [-0.25, -0.2) is 9.97 Å². The number of amides is 3. The number of piperidine rings is 3. The molecule has 4 aliphatic rings. The highest BCUT2D eigenvalue weighted by molar-refractivity contribution is 6.05. The van der Waals surface area contributed by atoms with Crippen molar-refractivity contribution >= 4 is 29.4 Å². The van der Waals surface area contributed by atoms with E-state index in [0.717, 1.165) is 81.9 Å². The number of imide groups is 1. The van der Waals surface area contributed by atoms with E-state index >= 15 is 0 Å². The molecule has 0 aliphatic carbocycles. The van der Waals surface area contributed by atoms with Crippen molar-refractivity contribution in [3.63, 3.8) is 0 Å². The van der Waals surface area contributed by atoms with Gasteiger partial charge in [-0.2, -0.15) is 13.2 Å². The minimum Gasteiger partial charge on any atom is -0.371 e. The molecule has 2 N–H and O–H groups in total. The van der Waals surface area contributed by atoms with Crippen LogP contribution in [0.5, 0.6) is 0 Å². The van der Waals surface area contributed by atoms with Crippen LogP contribution in [0.4, 0.5) is 24.8 Å². The molecule has 3 fully saturated rings. The van der Waals surface area contributed by atoms with E-state index in [4.69, 9.17) is 0 Å². The van der Waals surface area contributed by atoms with Crippen LogP contribution in [0.2, 0.25) is 0 Å². The number of likely N-dealkylation sites (tertiary alicyclic amines) is 1. The number of aromatic nitrogens is 2. The molecule has 5 heterocycles. The van der Waals surface area contributed by atoms with Gasteiger partial charge in [0.25, 0.3) is 5.91 Å². The lowest BCUT2D eigenvalue weighted by Gasteiger charge is -2.34. The Morgan fingerprint density at radius 2 is 1.65 bits per heavy atom. The van der Waals surface area contributed by atoms with Gasteiger partial charge in [0.05, 0.1) is 0 Å². The predicted molar refractivity (Wildman–Crippen MR) is 172 cm³/mol. The molecule has 0 spiro atoms. The number of hydrogen-bond donors (Lipinski definition) is 2. The highest BCUT2D eigenvalue weighted by Gasteiger charge is 2.39. The van der Waals surface area contributed by atoms with E-state index in [1.54, 1.807) is 4.90 Å². The molecule has 3 amide bonds. The van der Waals surface area contributed by atoms with Gasteiger partial charge in [0.1, 0.15) is 11.7 Å². The van der Waals surface area contributed by atoms with Crippen LogP contribution in [-0.4, -0.2) is 75.8 Å². The standard InChI is InChI=1S/C35H38F3N7O3/c36-35(37,38)30-9-14-39-34(41-30)40-26-12-17-44(18-13-26)27-4-1-22(2-5-27)20-43-15-10-23(11-16-43)24-3-6-28-25(19-24)21-45(33(28)48)29-7-8-31(46)42-32(29)47/h1-6,9,14,19,23,26,29H,7-8,10-13,15-18,20-21H2,(H,39,40,41)(H,42,46,47). The number of nitrogens with zero attached hydrogens (tertiary/aromatic N) is 5. The number of carbonyl (C=O) groups excluding carboxylic acids is 3. The number of fused-ring (bicyclic) bond motifs is 1. The highest BCUT2D eigenvalue weighted by atomic mass is 19.4. The van der Waals surface area contributed by atoms with E-state index in [-0.39, 0.29) is 30.2 Å². The molecule has 7 rings (SSSR count). The molecule has 252 valence electrons. The highest BCUT2D eigenvalue weighted by Crippen LogP contribution is 2.34. The van der Waals surface area contributed by atoms with Crippen molar-refractivity contribution < 1.29 is 27.6 Å². The van der Waals surface area contributed by atoms with E-state index in [1.165, 1.54) is 11.1 Å². The number of rotatable bonds is 7. The SMILES string of the molecule is O=C1CCC(N2Cc3cc(C4CCN(Cc5ccc(N6CCC(Nc7nccc(C(F)(F)F)n7)CC6)cc5)CC4)ccc3C2=O)C(=O)N1. The van der Waals surface area contributed by atoms with Crippen LogP contribution in [0.25, 0.3) is 0 Å². The summed E-state index contributed by atoms with van der Waals surface area (Å²) in [5.41, 5.74) is 4.28. The molecular formula is C35H38F3N7O3. The van der Waals surface area contributed by atoms with E-state index in [1.807, 2.05) is 6.07 Å². The summed E-state index contributed by atoms with van der Waals surface area (Å²) >= 11 is 0. The van der Waals surface area contributed by atoms with Crippen LogP contribution in [-0.2, 0) is 28.9 Å². The lowest BCUT2D eigenvalue weighted by atomic mass is 9.87. The van der Waals surface area contributed by atoms with Gasteiger partial charge in [-0.1, -0.05) is 24.3 Å². The summed E-state index contributed by atoms with van der Waals surface area (Å²) in [6.45, 7) is 4.79. The molecule has 1 unspecified atom stereocenters. The molecule has 0 radical (unpaired) electrons. The second-order valence-electron chi connectivity index (χ2n) is 13.2. The van der Waals surface area contributed by atoms with Gasteiger partial charge in [-0.05, 0) is 92.1 Å². The molecule has 4 aliphatic heterocycles. The van der Waals surface area contributed by atoms with Crippen molar-refractivity contribution in [1.82, 2.24) is 25.1 Å². The molecule has 3 saturated heterocycles. The average molecular weight is 662 g/mol. The van der Waals surface area contributed by atoms with Crippen LogP contribution in [0.3, 0.4) is 0 Å². The van der Waals surface area contributed by atoms with Crippen molar-refractivity contribution in [2.45, 2.75) is 75.8 Å². The molecule has 13 heteroatoms. The van der Waals surface area contributed by atoms with Crippen molar-refractivity contribution in [3.05, 3.63) is 82.7 Å². The van der Waals surface area contributed by atoms with Gasteiger partial charge in [-0.15, -0.1) is 0 Å². The van der Waals surface area contributed by atoms with Crippen LogP contribution in [0, 0.1) is 0 Å². The second kappa shape index (κ2) is 13.2. The topological polar surface area (TPSA) is 111 Å². The number of carbonyl (C=O) groups is 3. The number of alkyl halides is 3. The van der Waals surface area contributed by atoms with Crippen LogP contribution >= 0.6 is 0 Å². The Hall–Kier alpha value is -4.52. The minimum absolute atomic E-state index is 0.0127. The average Bonchev–Trinajstić information content (AvgIpc) is 3.40. The number of benzene rings is 2. The summed E-state index contributed by atoms with van der Waals surface area (Å²) in [6.07, 6.45) is 0.840. The van der Waals surface area contributed by atoms with Gasteiger partial charge in [0.15, 0.2) is 0 Å². The largest absolute Gasteiger partial charge is 0.433 e. The maximum absolute atomic E-state index is 13.1. The maximum atomic E-state index is 13.1. The lowest BCUT2D eigenvalue weighted by molar-refractivity contribution is -0.141. The molecule has 48 heavy (non-hydrogen) atoms. The summed E-state index contributed by atoms with van der Waals surface area (Å²) < 4.78 is 39.0. The van der Waals surface area contributed by atoms with Gasteiger partial charge >= 0.3 is 6.18 Å². The van der Waals surface area contributed by atoms with Crippen molar-refractivity contribution in [1.29, 1.82) is 0 Å². The predicted octanol–water partition coefficient (Wildman–Crippen LogP) is 4.72. The molecule has 3 aromatic rings. The third-order valence-electron chi connectivity index (χ3n) is 10.1. The van der Waals surface area contributed by atoms with Crippen LogP contribution in [0.1, 0.15) is 77.2 Å². The quantitative estimate of drug-likeness (QED) is 0.351. The fourth-order valence-corrected chi connectivity index (χ4v) is 7.39. The number of anilines is 2. The summed E-state index contributed by atoms with van der Waals surface area (Å²) in [7, 11) is 0. The first-order valence-electron chi connectivity index (χ1n) is 16.6. The normalized spacial score (nSPS) is 21.4. The smallest absolute Gasteiger partial charge is 0.371 e. The zero-order valence-electron chi connectivity index (χ0n) is 26.5. The van der Waals surface area contributed by atoms with E-state index in [2.05, 4.69) is 66.8 Å². The van der Waals surface area contributed by atoms with Crippen molar-refractivity contribution in [2.24, 2.45) is 0 Å². The first-order chi connectivity index (χ1) is 23.1. The maximum Gasteiger partial charge on any atom is 0.433 e. The molecule has 1 atom stereocenters. The Morgan fingerprint density at radius 3 is 2.35 bits per heavy atom. The van der Waals surface area contributed by atoms with E-state index < -0.39 is 23.8 Å². The van der Waals surface area contributed by atoms with E-state index in [0.29, 0.717) is 24.4 Å². The summed E-state index contributed by atoms with van der Waals surface area (Å²) in [5, 5.41) is 5.43. The van der Waals surface area contributed by atoms with Crippen molar-refractivity contribution in [3.8, 4) is 0 Å². The van der Waals surface area contributed by atoms with Gasteiger partial charge < -0.3 is 15.1 Å². The van der Waals surface area contributed by atoms with Gasteiger partial charge in [0, 0.05) is 56.1 Å². The summed E-state index contributed by atoms with van der Waals surface area (Å²) in [5.74, 6) is -0.396. The molecule has 0 bridgehead atoms. The third kappa shape index (κ3) is 6.87. The minimum atomic E-state index is -4.50. The van der Waals surface area contributed by atoms with Crippen molar-refractivity contribution in [2.75, 3.05) is 36.4 Å². The Labute approximate surface area is 276 Å². The fourth-order valence-electron chi connectivity index (χ4n) is 7.39. The molecule has 10 nitrogen and oxygen atoms in total. The Bertz CT molecular complexity index is 1680. The zero-order valence-corrected chi connectivity index (χ0v) is 26.5. The molecular weight excluding hydrogens is 623 g/mol. The monoisotopic (exact) mass is 661 g/mol. The lowest BCUT2D eigenvalue weighted by Crippen LogP contribution is -2.52. The number of hydrogen-bond acceptors (Lipinski definition) is 8. The molecule has 1 aromatic heterocycles. The Kier molecular flexibility index (Phi) is 8.80. The van der Waals surface area contributed by atoms with E-state index in [9.17, 15) is 27.6 Å². The Balaban J connectivity index is 0.874. The van der Waals surface area contributed by atoms with Crippen LogP contribution < -0.4 is 15.5 Å². The molecule has 2 aromatic carbocycles. The summed E-state index contributed by atoms with van der Waals surface area (Å²) in [4.78, 5) is 51.0. The molecule has 0 saturated carbocycles. The van der Waals surface area contributed by atoms with Gasteiger partial charge in [-0.3, -0.25) is 24.6 Å². The third-order valence-corrected chi connectivity index (χ3v) is 10.1. The Morgan fingerprint density at radius 1 is 0.896 bits per heavy atom. The number of nitrogens with one attached hydrogen (secondary N) is 2. The summed E-state index contributed by atoms with van der Waals surface area (Å²) in [6, 6.07) is 15.0. The first kappa shape index (κ1) is 32.0. The zero-order chi connectivity index (χ0) is 33.4. The first-order valence-corrected chi connectivity index (χ1v) is 16.6. The van der Waals surface area contributed by atoms with Gasteiger partial charge in [0.2, 0.25) is 17.8 Å². The number of halogens is 3. The fraction of sp³-hybridized carbons (Fsp3) is 0.457.